The molecule has 1 heterocycles. The smallest absolute Gasteiger partial charge is 0.417 e. The fraction of sp³-hybridized carbons (Fsp3) is 0.250. The third-order valence-electron chi connectivity index (χ3n) is 7.81. The molecule has 4 aromatic carbocycles. The van der Waals surface area contributed by atoms with Crippen molar-refractivity contribution in [2.75, 3.05) is 26.8 Å². The molecule has 0 bridgehead atoms. The molecule has 9 heteroatoms. The van der Waals surface area contributed by atoms with Gasteiger partial charge in [-0.3, -0.25) is 9.69 Å². The van der Waals surface area contributed by atoms with Gasteiger partial charge >= 0.3 is 12.1 Å². The fourth-order valence-electron chi connectivity index (χ4n) is 5.53. The van der Waals surface area contributed by atoms with E-state index in [4.69, 9.17) is 21.1 Å². The minimum absolute atomic E-state index is 0.0119. The van der Waals surface area contributed by atoms with Gasteiger partial charge in [0.2, 0.25) is 0 Å². The summed E-state index contributed by atoms with van der Waals surface area (Å²) in [4.78, 5) is 17.1. The van der Waals surface area contributed by atoms with Crippen LogP contribution in [-0.2, 0) is 28.7 Å². The lowest BCUT2D eigenvalue weighted by molar-refractivity contribution is -0.140. The molecule has 5 nitrogen and oxygen atoms in total. The normalized spacial score (nSPS) is 11.8. The van der Waals surface area contributed by atoms with Crippen LogP contribution in [0.25, 0.3) is 10.9 Å². The molecule has 0 saturated heterocycles. The highest BCUT2D eigenvalue weighted by Gasteiger charge is 2.34. The van der Waals surface area contributed by atoms with Crippen LogP contribution < -0.4 is 4.74 Å². The summed E-state index contributed by atoms with van der Waals surface area (Å²) in [5.41, 5.74) is 3.52. The van der Waals surface area contributed by atoms with E-state index in [1.807, 2.05) is 54.6 Å². The molecule has 0 saturated carbocycles. The Bertz CT molecular complexity index is 1670. The van der Waals surface area contributed by atoms with E-state index in [1.165, 1.54) is 13.2 Å². The van der Waals surface area contributed by atoms with E-state index in [2.05, 4.69) is 34.1 Å². The average Bonchev–Trinajstić information content (AvgIpc) is 3.44. The summed E-state index contributed by atoms with van der Waals surface area (Å²) < 4.78 is 51.9. The van der Waals surface area contributed by atoms with Crippen LogP contribution in [0.2, 0.25) is 5.02 Å². The van der Waals surface area contributed by atoms with Crippen LogP contribution >= 0.6 is 11.6 Å². The Morgan fingerprint density at radius 1 is 0.911 bits per heavy atom. The first-order valence-corrected chi connectivity index (χ1v) is 15.1. The van der Waals surface area contributed by atoms with E-state index in [0.717, 1.165) is 33.7 Å². The number of benzene rings is 4. The van der Waals surface area contributed by atoms with E-state index in [9.17, 15) is 18.0 Å². The Kier molecular flexibility index (Phi) is 10.5. The second-order valence-corrected chi connectivity index (χ2v) is 11.2. The molecule has 5 aromatic rings. The lowest BCUT2D eigenvalue weighted by Gasteiger charge is -2.29. The predicted molar refractivity (Wildman–Crippen MR) is 171 cm³/mol. The molecule has 234 valence electrons. The van der Waals surface area contributed by atoms with Gasteiger partial charge in [-0.2, -0.15) is 13.2 Å². The number of carbonyl (C=O) groups excluding carboxylic acids is 1. The number of aromatic nitrogens is 1. The Hall–Kier alpha value is -4.27. The zero-order chi connectivity index (χ0) is 31.8. The number of fused-ring (bicyclic) bond motifs is 1. The molecular formula is C36H34ClF3N2O3. The van der Waals surface area contributed by atoms with E-state index in [-0.39, 0.29) is 29.9 Å². The molecule has 0 amide bonds. The van der Waals surface area contributed by atoms with Crippen molar-refractivity contribution in [2.45, 2.75) is 31.5 Å². The number of hydrogen-bond acceptors (Lipinski definition) is 4. The first-order valence-electron chi connectivity index (χ1n) is 14.7. The predicted octanol–water partition coefficient (Wildman–Crippen LogP) is 8.66. The summed E-state index contributed by atoms with van der Waals surface area (Å²) in [5.74, 6) is 0.321. The van der Waals surface area contributed by atoms with Crippen molar-refractivity contribution in [2.24, 2.45) is 0 Å². The largest absolute Gasteiger partial charge is 0.494 e. The molecule has 0 aliphatic carbocycles. The Morgan fingerprint density at radius 3 is 2.24 bits per heavy atom. The van der Waals surface area contributed by atoms with Crippen molar-refractivity contribution in [3.05, 3.63) is 136 Å². The number of hydrogen-bond donors (Lipinski definition) is 1. The molecule has 0 aliphatic rings. The minimum Gasteiger partial charge on any atom is -0.494 e. The first kappa shape index (κ1) is 32.1. The molecular weight excluding hydrogens is 601 g/mol. The maximum atomic E-state index is 13.7. The quantitative estimate of drug-likeness (QED) is 0.104. The summed E-state index contributed by atoms with van der Waals surface area (Å²) in [6, 6.07) is 29.9. The third kappa shape index (κ3) is 8.26. The molecule has 1 aromatic heterocycles. The van der Waals surface area contributed by atoms with Crippen LogP contribution in [0.4, 0.5) is 13.2 Å². The van der Waals surface area contributed by atoms with Crippen LogP contribution in [0.1, 0.15) is 40.2 Å². The van der Waals surface area contributed by atoms with Gasteiger partial charge in [0.05, 0.1) is 30.7 Å². The van der Waals surface area contributed by atoms with Crippen molar-refractivity contribution in [1.82, 2.24) is 9.88 Å². The standard InChI is InChI=1S/C36H34ClF3N2O3/c1-44-34(43)20-28-22-41-33-17-16-29(21-30(28)33)45-19-9-18-42(23-27-14-8-15-32(35(27)37)36(38,39)40)24-31(25-10-4-2-5-11-25)26-12-6-3-7-13-26/h2-8,10-17,21-22,31,41H,9,18-20,23-24H2,1H3. The minimum atomic E-state index is -4.54. The monoisotopic (exact) mass is 634 g/mol. The van der Waals surface area contributed by atoms with Crippen LogP contribution in [0.15, 0.2) is 103 Å². The number of rotatable bonds is 13. The van der Waals surface area contributed by atoms with Gasteiger partial charge in [0.15, 0.2) is 0 Å². The summed E-state index contributed by atoms with van der Waals surface area (Å²) in [6.07, 6.45) is -1.98. The van der Waals surface area contributed by atoms with E-state index in [0.29, 0.717) is 37.4 Å². The van der Waals surface area contributed by atoms with Crippen LogP contribution in [0.3, 0.4) is 0 Å². The van der Waals surface area contributed by atoms with Gasteiger partial charge in [0.25, 0.3) is 0 Å². The Balaban J connectivity index is 1.35. The lowest BCUT2D eigenvalue weighted by atomic mass is 9.90. The topological polar surface area (TPSA) is 54.6 Å². The molecule has 0 atom stereocenters. The molecule has 0 unspecified atom stereocenters. The molecule has 0 radical (unpaired) electrons. The molecule has 1 N–H and O–H groups in total. The summed E-state index contributed by atoms with van der Waals surface area (Å²) in [6.45, 7) is 1.75. The van der Waals surface area contributed by atoms with E-state index in [1.54, 1.807) is 12.3 Å². The zero-order valence-corrected chi connectivity index (χ0v) is 25.6. The van der Waals surface area contributed by atoms with Gasteiger partial charge in [-0.25, -0.2) is 0 Å². The maximum Gasteiger partial charge on any atom is 0.417 e. The molecule has 0 aliphatic heterocycles. The fourth-order valence-corrected chi connectivity index (χ4v) is 5.82. The maximum absolute atomic E-state index is 13.7. The number of carbonyl (C=O) groups is 1. The number of nitrogens with zero attached hydrogens (tertiary/aromatic N) is 1. The van der Waals surface area contributed by atoms with E-state index >= 15 is 0 Å². The molecule has 0 spiro atoms. The van der Waals surface area contributed by atoms with Crippen molar-refractivity contribution >= 4 is 28.5 Å². The Morgan fingerprint density at radius 2 is 1.60 bits per heavy atom. The van der Waals surface area contributed by atoms with Gasteiger partial charge < -0.3 is 14.5 Å². The number of H-pyrrole nitrogens is 1. The summed E-state index contributed by atoms with van der Waals surface area (Å²) in [5, 5.41) is 0.608. The Labute approximate surface area is 265 Å². The molecule has 45 heavy (non-hydrogen) atoms. The van der Waals surface area contributed by atoms with Gasteiger partial charge in [-0.15, -0.1) is 0 Å². The highest BCUT2D eigenvalue weighted by molar-refractivity contribution is 6.32. The highest BCUT2D eigenvalue weighted by atomic mass is 35.5. The van der Waals surface area contributed by atoms with Crippen LogP contribution in [-0.4, -0.2) is 42.7 Å². The average molecular weight is 635 g/mol. The number of aromatic amines is 1. The van der Waals surface area contributed by atoms with Gasteiger partial charge in [0, 0.05) is 42.7 Å². The SMILES string of the molecule is COC(=O)Cc1c[nH]c2ccc(OCCCN(Cc3cccc(C(F)(F)F)c3Cl)CC(c3ccccc3)c3ccccc3)cc12. The second kappa shape index (κ2) is 14.7. The van der Waals surface area contributed by atoms with Crippen molar-refractivity contribution in [3.63, 3.8) is 0 Å². The van der Waals surface area contributed by atoms with Crippen molar-refractivity contribution in [3.8, 4) is 5.75 Å². The number of methoxy groups -OCH3 is 1. The highest BCUT2D eigenvalue weighted by Crippen LogP contribution is 2.37. The van der Waals surface area contributed by atoms with E-state index < -0.39 is 11.7 Å². The van der Waals surface area contributed by atoms with Gasteiger partial charge in [-0.1, -0.05) is 84.4 Å². The number of esters is 1. The van der Waals surface area contributed by atoms with Crippen LogP contribution in [0.5, 0.6) is 5.75 Å². The molecule has 0 fully saturated rings. The zero-order valence-electron chi connectivity index (χ0n) is 24.8. The van der Waals surface area contributed by atoms with Gasteiger partial charge in [0.1, 0.15) is 5.75 Å². The third-order valence-corrected chi connectivity index (χ3v) is 8.26. The van der Waals surface area contributed by atoms with Crippen molar-refractivity contribution in [1.29, 1.82) is 0 Å². The molecule has 5 rings (SSSR count). The van der Waals surface area contributed by atoms with Crippen molar-refractivity contribution < 1.29 is 27.4 Å². The number of ether oxygens (including phenoxy) is 2. The summed E-state index contributed by atoms with van der Waals surface area (Å²) >= 11 is 6.34. The summed E-state index contributed by atoms with van der Waals surface area (Å²) in [7, 11) is 1.36. The number of alkyl halides is 3. The first-order chi connectivity index (χ1) is 21.7. The lowest BCUT2D eigenvalue weighted by Crippen LogP contribution is -2.31. The number of halogens is 4. The van der Waals surface area contributed by atoms with Crippen LogP contribution in [0, 0.1) is 0 Å². The van der Waals surface area contributed by atoms with Gasteiger partial charge in [-0.05, 0) is 52.9 Å². The number of nitrogens with one attached hydrogen (secondary N) is 1. The second-order valence-electron chi connectivity index (χ2n) is 10.9.